The van der Waals surface area contributed by atoms with E-state index in [4.69, 9.17) is 0 Å². The summed E-state index contributed by atoms with van der Waals surface area (Å²) in [5.74, 6) is 0. The Bertz CT molecular complexity index is 2710. The summed E-state index contributed by atoms with van der Waals surface area (Å²) in [4.78, 5) is 2.54. The number of fused-ring (bicyclic) bond motifs is 9. The van der Waals surface area contributed by atoms with Crippen molar-refractivity contribution < 1.29 is 0 Å². The Balaban J connectivity index is 1.27. The van der Waals surface area contributed by atoms with Gasteiger partial charge in [-0.05, 0) is 95.9 Å². The second-order valence-electron chi connectivity index (χ2n) is 15.3. The number of anilines is 3. The van der Waals surface area contributed by atoms with Gasteiger partial charge in [0.2, 0.25) is 0 Å². The van der Waals surface area contributed by atoms with Crippen LogP contribution >= 0.6 is 0 Å². The third-order valence-corrected chi connectivity index (χ3v) is 11.8. The summed E-state index contributed by atoms with van der Waals surface area (Å²) >= 11 is 0. The minimum Gasteiger partial charge on any atom is -0.310 e. The highest BCUT2D eigenvalue weighted by atomic mass is 15.1. The molecule has 0 spiro atoms. The molecule has 0 fully saturated rings. The molecule has 0 unspecified atom stereocenters. The number of hydrogen-bond acceptors (Lipinski definition) is 1. The van der Waals surface area contributed by atoms with Crippen molar-refractivity contribution in [1.82, 2.24) is 0 Å². The average Bonchev–Trinajstić information content (AvgIpc) is 3.55. The van der Waals surface area contributed by atoms with Crippen LogP contribution in [0.25, 0.3) is 54.9 Å². The zero-order valence-electron chi connectivity index (χ0n) is 29.5. The van der Waals surface area contributed by atoms with Gasteiger partial charge >= 0.3 is 0 Å². The summed E-state index contributed by atoms with van der Waals surface area (Å²) in [6, 6.07) is 61.1. The van der Waals surface area contributed by atoms with Crippen LogP contribution in [0.2, 0.25) is 0 Å². The Morgan fingerprint density at radius 1 is 0.373 bits per heavy atom. The fourth-order valence-electron chi connectivity index (χ4n) is 9.43. The molecule has 0 aliphatic heterocycles. The highest BCUT2D eigenvalue weighted by molar-refractivity contribution is 6.09. The van der Waals surface area contributed by atoms with Crippen molar-refractivity contribution in [3.05, 3.63) is 186 Å². The first-order valence-corrected chi connectivity index (χ1v) is 18.1. The molecule has 51 heavy (non-hydrogen) atoms. The third-order valence-electron chi connectivity index (χ3n) is 11.8. The minimum atomic E-state index is -0.181. The van der Waals surface area contributed by atoms with E-state index in [1.807, 2.05) is 0 Å². The number of rotatable bonds is 4. The summed E-state index contributed by atoms with van der Waals surface area (Å²) < 4.78 is 0. The maximum absolute atomic E-state index is 2.54. The van der Waals surface area contributed by atoms with Gasteiger partial charge < -0.3 is 4.90 Å². The molecule has 2 aliphatic rings. The van der Waals surface area contributed by atoms with Crippen LogP contribution in [0.4, 0.5) is 17.1 Å². The maximum Gasteiger partial charge on any atom is 0.0540 e. The van der Waals surface area contributed by atoms with Crippen molar-refractivity contribution >= 4 is 38.6 Å². The van der Waals surface area contributed by atoms with Crippen LogP contribution in [0.15, 0.2) is 164 Å². The van der Waals surface area contributed by atoms with E-state index < -0.39 is 0 Å². The topological polar surface area (TPSA) is 3.24 Å². The molecular weight excluding hydrogens is 615 g/mol. The molecule has 244 valence electrons. The molecule has 0 heterocycles. The highest BCUT2D eigenvalue weighted by Gasteiger charge is 2.40. The Labute approximate surface area is 300 Å². The summed E-state index contributed by atoms with van der Waals surface area (Å²) in [5.41, 5.74) is 16.6. The van der Waals surface area contributed by atoms with Gasteiger partial charge in [-0.3, -0.25) is 0 Å². The molecule has 0 saturated carbocycles. The minimum absolute atomic E-state index is 0.0757. The lowest BCUT2D eigenvalue weighted by Gasteiger charge is -2.33. The van der Waals surface area contributed by atoms with Crippen LogP contribution in [0.1, 0.15) is 49.9 Å². The zero-order valence-corrected chi connectivity index (χ0v) is 29.5. The molecule has 0 aromatic heterocycles. The number of hydrogen-bond donors (Lipinski definition) is 0. The molecule has 2 aliphatic carbocycles. The number of benzene rings is 8. The Hall–Kier alpha value is -5.92. The maximum atomic E-state index is 2.54. The van der Waals surface area contributed by atoms with Crippen LogP contribution in [0.5, 0.6) is 0 Å². The Morgan fingerprint density at radius 2 is 0.941 bits per heavy atom. The molecule has 0 saturated heterocycles. The number of para-hydroxylation sites is 1. The lowest BCUT2D eigenvalue weighted by Crippen LogP contribution is -2.21. The standard InChI is InChI=1S/C50H39N/c1-49(2)43-23-11-8-19-41(43)47-39(20-13-24-44(47)49)38-18-9-12-25-45(38)51(34-29-30-36-33(31-34)28-27-32-15-5-6-16-35(32)36)46-26-14-21-40-37-17-7-10-22-42(37)50(3,4)48(40)46/h5-31H,1-4H3. The van der Waals surface area contributed by atoms with E-state index in [1.165, 1.54) is 88.6 Å². The highest BCUT2D eigenvalue weighted by Crippen LogP contribution is 2.57. The van der Waals surface area contributed by atoms with Crippen molar-refractivity contribution in [2.45, 2.75) is 38.5 Å². The van der Waals surface area contributed by atoms with Crippen molar-refractivity contribution in [3.8, 4) is 33.4 Å². The molecular formula is C50H39N. The summed E-state index contributed by atoms with van der Waals surface area (Å²) in [5, 5.41) is 5.06. The van der Waals surface area contributed by atoms with E-state index in [1.54, 1.807) is 0 Å². The fraction of sp³-hybridized carbons (Fsp3) is 0.120. The van der Waals surface area contributed by atoms with Crippen LogP contribution in [0, 0.1) is 0 Å². The lowest BCUT2D eigenvalue weighted by molar-refractivity contribution is 0.660. The van der Waals surface area contributed by atoms with E-state index in [2.05, 4.69) is 196 Å². The molecule has 0 bridgehead atoms. The van der Waals surface area contributed by atoms with Crippen LogP contribution in [0.3, 0.4) is 0 Å². The van der Waals surface area contributed by atoms with Crippen LogP contribution in [-0.2, 0) is 10.8 Å². The molecule has 0 radical (unpaired) electrons. The molecule has 8 aromatic carbocycles. The van der Waals surface area contributed by atoms with Crippen molar-refractivity contribution in [2.24, 2.45) is 0 Å². The monoisotopic (exact) mass is 653 g/mol. The van der Waals surface area contributed by atoms with Gasteiger partial charge in [0.05, 0.1) is 11.4 Å². The normalized spacial score (nSPS) is 14.6. The second kappa shape index (κ2) is 10.8. The Morgan fingerprint density at radius 3 is 1.78 bits per heavy atom. The van der Waals surface area contributed by atoms with Gasteiger partial charge in [-0.1, -0.05) is 167 Å². The van der Waals surface area contributed by atoms with E-state index in [0.29, 0.717) is 0 Å². The third kappa shape index (κ3) is 4.22. The van der Waals surface area contributed by atoms with Crippen molar-refractivity contribution in [3.63, 3.8) is 0 Å². The average molecular weight is 654 g/mol. The first-order chi connectivity index (χ1) is 24.8. The molecule has 1 nitrogen and oxygen atoms in total. The first kappa shape index (κ1) is 29.9. The van der Waals surface area contributed by atoms with Gasteiger partial charge in [-0.25, -0.2) is 0 Å². The SMILES string of the molecule is CC1(C)c2ccccc2-c2c(-c3ccccc3N(c3ccc4c(ccc5ccccc54)c3)c3cccc4c3C(C)(C)c3ccccc3-4)cccc21. The van der Waals surface area contributed by atoms with Gasteiger partial charge in [0, 0.05) is 22.1 Å². The van der Waals surface area contributed by atoms with E-state index in [0.717, 1.165) is 5.69 Å². The van der Waals surface area contributed by atoms with Crippen molar-refractivity contribution in [1.29, 1.82) is 0 Å². The molecule has 0 amide bonds. The predicted molar refractivity (Wildman–Crippen MR) is 217 cm³/mol. The molecule has 0 atom stereocenters. The smallest absolute Gasteiger partial charge is 0.0540 e. The second-order valence-corrected chi connectivity index (χ2v) is 15.3. The lowest BCUT2D eigenvalue weighted by atomic mass is 9.81. The zero-order chi connectivity index (χ0) is 34.5. The fourth-order valence-corrected chi connectivity index (χ4v) is 9.43. The molecule has 8 aromatic rings. The van der Waals surface area contributed by atoms with Gasteiger partial charge in [-0.15, -0.1) is 0 Å². The molecule has 10 rings (SSSR count). The van der Waals surface area contributed by atoms with Gasteiger partial charge in [0.15, 0.2) is 0 Å². The van der Waals surface area contributed by atoms with E-state index in [9.17, 15) is 0 Å². The predicted octanol–water partition coefficient (Wildman–Crippen LogP) is 13.7. The van der Waals surface area contributed by atoms with Crippen LogP contribution in [-0.4, -0.2) is 0 Å². The Kier molecular flexibility index (Phi) is 6.34. The van der Waals surface area contributed by atoms with Gasteiger partial charge in [-0.2, -0.15) is 0 Å². The summed E-state index contributed by atoms with van der Waals surface area (Å²) in [6.45, 7) is 9.51. The molecule has 0 N–H and O–H groups in total. The van der Waals surface area contributed by atoms with Gasteiger partial charge in [0.25, 0.3) is 0 Å². The largest absolute Gasteiger partial charge is 0.310 e. The quantitative estimate of drug-likeness (QED) is 0.171. The van der Waals surface area contributed by atoms with E-state index in [-0.39, 0.29) is 10.8 Å². The summed E-state index contributed by atoms with van der Waals surface area (Å²) in [6.07, 6.45) is 0. The summed E-state index contributed by atoms with van der Waals surface area (Å²) in [7, 11) is 0. The van der Waals surface area contributed by atoms with Crippen LogP contribution < -0.4 is 4.90 Å². The van der Waals surface area contributed by atoms with E-state index >= 15 is 0 Å². The first-order valence-electron chi connectivity index (χ1n) is 18.1. The van der Waals surface area contributed by atoms with Crippen molar-refractivity contribution in [2.75, 3.05) is 4.90 Å². The number of nitrogens with zero attached hydrogens (tertiary/aromatic N) is 1. The molecule has 1 heteroatoms. The van der Waals surface area contributed by atoms with Gasteiger partial charge in [0.1, 0.15) is 0 Å².